The van der Waals surface area contributed by atoms with Crippen LogP contribution in [-0.4, -0.2) is 30.0 Å². The van der Waals surface area contributed by atoms with Gasteiger partial charge in [-0.3, -0.25) is 0 Å². The highest BCUT2D eigenvalue weighted by Gasteiger charge is 2.14. The van der Waals surface area contributed by atoms with Crippen LogP contribution in [0, 0.1) is 0 Å². The van der Waals surface area contributed by atoms with Crippen LogP contribution in [0.5, 0.6) is 0 Å². The van der Waals surface area contributed by atoms with Crippen LogP contribution in [0.2, 0.25) is 0 Å². The van der Waals surface area contributed by atoms with Crippen LogP contribution in [0.25, 0.3) is 77.2 Å². The van der Waals surface area contributed by atoms with E-state index in [4.69, 9.17) is 20.4 Å². The number of benzene rings is 6. The van der Waals surface area contributed by atoms with E-state index in [0.717, 1.165) is 77.2 Å². The van der Waals surface area contributed by atoms with Crippen molar-refractivity contribution in [3.8, 4) is 27.9 Å². The minimum atomic E-state index is 0.853. The highest BCUT2D eigenvalue weighted by Crippen LogP contribution is 2.36. The van der Waals surface area contributed by atoms with Crippen molar-refractivity contribution < 1.29 is 0 Å². The zero-order valence-electron chi connectivity index (χ0n) is 23.4. The molecule has 0 amide bonds. The van der Waals surface area contributed by atoms with Crippen LogP contribution >= 0.6 is 0 Å². The third-order valence-corrected chi connectivity index (χ3v) is 8.18. The van der Waals surface area contributed by atoms with Gasteiger partial charge < -0.3 is 0 Å². The second kappa shape index (κ2) is 9.62. The largest absolute Gasteiger partial charge is 0.150 e. The molecule has 0 saturated heterocycles. The van der Waals surface area contributed by atoms with Gasteiger partial charge in [-0.25, -0.2) is 0 Å². The minimum absolute atomic E-state index is 0.853. The number of nitrogens with zero attached hydrogens (tertiary/aromatic N) is 6. The molecule has 2 aromatic heterocycles. The standard InChI is InChI=1S/C38H22N6/c1-3-9-27(10-4-1)43-39-35-23-21-31-29(13-7-15-33(31)37(35)41-43)25-17-19-26(20-18-25)30-14-8-16-34-32(30)22-24-36-38(34)42-44(40-36)28-11-5-2-6-12-28/h1,3-5,7-24H. The molecule has 0 radical (unpaired) electrons. The summed E-state index contributed by atoms with van der Waals surface area (Å²) in [7, 11) is 0. The van der Waals surface area contributed by atoms with Gasteiger partial charge in [0.15, 0.2) is 0 Å². The molecule has 0 spiro atoms. The molecule has 0 fully saturated rings. The van der Waals surface area contributed by atoms with E-state index in [9.17, 15) is 0 Å². The highest BCUT2D eigenvalue weighted by atomic mass is 15.5. The quantitative estimate of drug-likeness (QED) is 0.202. The van der Waals surface area contributed by atoms with E-state index >= 15 is 0 Å². The zero-order valence-corrected chi connectivity index (χ0v) is 23.4. The predicted octanol–water partition coefficient (Wildman–Crippen LogP) is 8.53. The fourth-order valence-corrected chi connectivity index (χ4v) is 6.06. The van der Waals surface area contributed by atoms with Gasteiger partial charge in [-0.05, 0) is 69.4 Å². The van der Waals surface area contributed by atoms with Crippen LogP contribution < -0.4 is 0 Å². The Kier molecular flexibility index (Phi) is 5.31. The Morgan fingerprint density at radius 2 is 1.05 bits per heavy atom. The van der Waals surface area contributed by atoms with Crippen LogP contribution in [0.4, 0.5) is 0 Å². The van der Waals surface area contributed by atoms with Gasteiger partial charge >= 0.3 is 0 Å². The summed E-state index contributed by atoms with van der Waals surface area (Å²) >= 11 is 0. The van der Waals surface area contributed by atoms with Crippen LogP contribution in [0.1, 0.15) is 0 Å². The molecular formula is C38H22N6. The second-order valence-corrected chi connectivity index (χ2v) is 10.8. The summed E-state index contributed by atoms with van der Waals surface area (Å²) in [5.74, 6) is 0. The molecule has 0 N–H and O–H groups in total. The molecular weight excluding hydrogens is 540 g/mol. The van der Waals surface area contributed by atoms with Crippen LogP contribution in [0.15, 0.2) is 145 Å². The van der Waals surface area contributed by atoms with Crippen molar-refractivity contribution in [3.05, 3.63) is 145 Å². The third-order valence-electron chi connectivity index (χ3n) is 8.18. The average molecular weight is 563 g/mol. The Bertz CT molecular complexity index is 2560. The van der Waals surface area contributed by atoms with Gasteiger partial charge in [-0.2, -0.15) is 4.80 Å². The number of para-hydroxylation sites is 1. The average Bonchev–Trinajstić information content (AvgIpc) is 3.74. The molecule has 1 aliphatic carbocycles. The zero-order chi connectivity index (χ0) is 29.0. The van der Waals surface area contributed by atoms with E-state index in [2.05, 4.69) is 90.3 Å². The SMILES string of the molecule is C1=C=CC(n2nc3ccc4c(-c5ccc(-c6cccc7c6ccc6nn(-c8ccccc8)nc67)cc5)cccc4c3n2)=CC=1. The lowest BCUT2D eigenvalue weighted by molar-refractivity contribution is 0.766. The van der Waals surface area contributed by atoms with Crippen molar-refractivity contribution in [2.75, 3.05) is 0 Å². The maximum Gasteiger partial charge on any atom is 0.121 e. The summed E-state index contributed by atoms with van der Waals surface area (Å²) in [6.07, 6.45) is 5.58. The number of hydrogen-bond acceptors (Lipinski definition) is 4. The Morgan fingerprint density at radius 1 is 0.455 bits per heavy atom. The lowest BCUT2D eigenvalue weighted by Gasteiger charge is -2.10. The Morgan fingerprint density at radius 3 is 1.64 bits per heavy atom. The summed E-state index contributed by atoms with van der Waals surface area (Å²) in [5.41, 5.74) is 15.8. The molecule has 2 heterocycles. The number of rotatable bonds is 4. The van der Waals surface area contributed by atoms with Crippen molar-refractivity contribution in [2.24, 2.45) is 0 Å². The molecule has 0 bridgehead atoms. The third kappa shape index (κ3) is 3.84. The van der Waals surface area contributed by atoms with Gasteiger partial charge in [0, 0.05) is 16.8 Å². The molecule has 6 aromatic carbocycles. The fraction of sp³-hybridized carbons (Fsp3) is 0. The van der Waals surface area contributed by atoms with Crippen LogP contribution in [-0.2, 0) is 0 Å². The van der Waals surface area contributed by atoms with Gasteiger partial charge in [0.05, 0.1) is 11.4 Å². The van der Waals surface area contributed by atoms with E-state index in [1.165, 1.54) is 0 Å². The van der Waals surface area contributed by atoms with Crippen molar-refractivity contribution in [3.63, 3.8) is 0 Å². The molecule has 8 aromatic rings. The first-order valence-corrected chi connectivity index (χ1v) is 14.4. The highest BCUT2D eigenvalue weighted by molar-refractivity contribution is 6.11. The van der Waals surface area contributed by atoms with Gasteiger partial charge in [-0.15, -0.1) is 25.2 Å². The molecule has 204 valence electrons. The maximum absolute atomic E-state index is 4.86. The first kappa shape index (κ1) is 24.3. The van der Waals surface area contributed by atoms with Crippen molar-refractivity contribution in [1.82, 2.24) is 30.0 Å². The normalized spacial score (nSPS) is 12.6. The minimum Gasteiger partial charge on any atom is -0.150 e. The summed E-state index contributed by atoms with van der Waals surface area (Å²) in [6, 6.07) is 40.0. The number of aromatic nitrogens is 6. The Labute approximate surface area is 251 Å². The number of fused-ring (bicyclic) bond motifs is 6. The maximum atomic E-state index is 4.86. The van der Waals surface area contributed by atoms with Crippen molar-refractivity contribution in [1.29, 1.82) is 0 Å². The van der Waals surface area contributed by atoms with Gasteiger partial charge in [0.1, 0.15) is 22.1 Å². The molecule has 44 heavy (non-hydrogen) atoms. The molecule has 9 rings (SSSR count). The molecule has 0 aliphatic heterocycles. The molecule has 6 heteroatoms. The summed E-state index contributed by atoms with van der Waals surface area (Å²) in [6.45, 7) is 0. The second-order valence-electron chi connectivity index (χ2n) is 10.8. The van der Waals surface area contributed by atoms with E-state index < -0.39 is 0 Å². The van der Waals surface area contributed by atoms with Gasteiger partial charge in [0.25, 0.3) is 0 Å². The summed E-state index contributed by atoms with van der Waals surface area (Å²) < 4.78 is 0. The molecule has 1 aliphatic rings. The Balaban J connectivity index is 1.11. The lowest BCUT2D eigenvalue weighted by atomic mass is 9.94. The first-order chi connectivity index (χ1) is 21.8. The molecule has 0 unspecified atom stereocenters. The van der Waals surface area contributed by atoms with Gasteiger partial charge in [0.2, 0.25) is 0 Å². The molecule has 0 atom stereocenters. The first-order valence-electron chi connectivity index (χ1n) is 14.4. The fourth-order valence-electron chi connectivity index (χ4n) is 6.06. The molecule has 0 saturated carbocycles. The number of hydrogen-bond donors (Lipinski definition) is 0. The Hall–Kier alpha value is -6.32. The monoisotopic (exact) mass is 562 g/mol. The van der Waals surface area contributed by atoms with E-state index in [-0.39, 0.29) is 0 Å². The van der Waals surface area contributed by atoms with Crippen LogP contribution in [0.3, 0.4) is 0 Å². The van der Waals surface area contributed by atoms with Crippen molar-refractivity contribution in [2.45, 2.75) is 0 Å². The van der Waals surface area contributed by atoms with Crippen molar-refractivity contribution >= 4 is 49.3 Å². The van der Waals surface area contributed by atoms with Gasteiger partial charge in [-0.1, -0.05) is 102 Å². The van der Waals surface area contributed by atoms with E-state index in [1.807, 2.05) is 54.6 Å². The predicted molar refractivity (Wildman–Crippen MR) is 176 cm³/mol. The van der Waals surface area contributed by atoms with E-state index in [0.29, 0.717) is 0 Å². The van der Waals surface area contributed by atoms with E-state index in [1.54, 1.807) is 9.59 Å². The lowest BCUT2D eigenvalue weighted by Crippen LogP contribution is -1.99. The summed E-state index contributed by atoms with van der Waals surface area (Å²) in [4.78, 5) is 3.37. The molecule has 6 nitrogen and oxygen atoms in total. The summed E-state index contributed by atoms with van der Waals surface area (Å²) in [5, 5.41) is 23.6. The topological polar surface area (TPSA) is 61.4 Å². The number of allylic oxidation sites excluding steroid dienone is 4. The smallest absolute Gasteiger partial charge is 0.121 e.